The first-order valence-corrected chi connectivity index (χ1v) is 7.18. The highest BCUT2D eigenvalue weighted by Gasteiger charge is 2.24. The van der Waals surface area contributed by atoms with Crippen molar-refractivity contribution < 1.29 is 9.47 Å². The predicted molar refractivity (Wildman–Crippen MR) is 69.8 cm³/mol. The molecule has 0 radical (unpaired) electrons. The van der Waals surface area contributed by atoms with Gasteiger partial charge in [-0.25, -0.2) is 4.98 Å². The van der Waals surface area contributed by atoms with E-state index in [1.54, 1.807) is 12.7 Å². The van der Waals surface area contributed by atoms with Gasteiger partial charge in [0.15, 0.2) is 0 Å². The Balaban J connectivity index is 1.47. The Morgan fingerprint density at radius 1 is 1.11 bits per heavy atom. The van der Waals surface area contributed by atoms with Gasteiger partial charge in [-0.1, -0.05) is 0 Å². The van der Waals surface area contributed by atoms with E-state index < -0.39 is 0 Å². The molecular formula is C13H22N4O2. The molecule has 2 fully saturated rings. The van der Waals surface area contributed by atoms with E-state index in [1.807, 2.05) is 4.68 Å². The third-order valence-electron chi connectivity index (χ3n) is 3.82. The fraction of sp³-hybridized carbons (Fsp3) is 0.846. The van der Waals surface area contributed by atoms with Crippen LogP contribution in [0.4, 0.5) is 0 Å². The molecule has 6 heteroatoms. The Hall–Kier alpha value is -0.980. The number of aromatic nitrogens is 3. The molecule has 3 heterocycles. The average molecular weight is 266 g/mol. The first kappa shape index (κ1) is 13.0. The van der Waals surface area contributed by atoms with Crippen LogP contribution in [0.15, 0.2) is 12.7 Å². The van der Waals surface area contributed by atoms with Crippen LogP contribution in [0.2, 0.25) is 0 Å². The summed E-state index contributed by atoms with van der Waals surface area (Å²) in [5.41, 5.74) is 0. The van der Waals surface area contributed by atoms with Gasteiger partial charge in [-0.3, -0.25) is 9.58 Å². The number of rotatable bonds is 4. The molecule has 3 rings (SSSR count). The number of hydrogen-bond donors (Lipinski definition) is 0. The maximum absolute atomic E-state index is 5.81. The van der Waals surface area contributed by atoms with E-state index in [4.69, 9.17) is 9.47 Å². The molecule has 1 aromatic heterocycles. The summed E-state index contributed by atoms with van der Waals surface area (Å²) in [6, 6.07) is 0. The molecule has 2 aliphatic heterocycles. The molecule has 19 heavy (non-hydrogen) atoms. The Morgan fingerprint density at radius 3 is 2.84 bits per heavy atom. The molecule has 0 aromatic carbocycles. The maximum Gasteiger partial charge on any atom is 0.137 e. The van der Waals surface area contributed by atoms with Crippen molar-refractivity contribution in [1.82, 2.24) is 19.7 Å². The van der Waals surface area contributed by atoms with E-state index >= 15 is 0 Å². The quantitative estimate of drug-likeness (QED) is 0.796. The average Bonchev–Trinajstić information content (AvgIpc) is 2.93. The summed E-state index contributed by atoms with van der Waals surface area (Å²) < 4.78 is 13.4. The summed E-state index contributed by atoms with van der Waals surface area (Å²) >= 11 is 0. The molecule has 0 aliphatic carbocycles. The minimum atomic E-state index is 0.207. The van der Waals surface area contributed by atoms with Crippen molar-refractivity contribution in [1.29, 1.82) is 0 Å². The first-order chi connectivity index (χ1) is 9.40. The van der Waals surface area contributed by atoms with Crippen molar-refractivity contribution in [2.75, 3.05) is 32.8 Å². The van der Waals surface area contributed by atoms with Gasteiger partial charge in [0, 0.05) is 26.2 Å². The molecule has 2 aliphatic rings. The highest BCUT2D eigenvalue weighted by atomic mass is 16.5. The Kier molecular flexibility index (Phi) is 4.42. The lowest BCUT2D eigenvalue weighted by Gasteiger charge is -2.35. The molecule has 0 spiro atoms. The number of morpholine rings is 1. The smallest absolute Gasteiger partial charge is 0.137 e. The fourth-order valence-electron chi connectivity index (χ4n) is 2.83. The highest BCUT2D eigenvalue weighted by molar-refractivity contribution is 4.76. The molecule has 0 N–H and O–H groups in total. The van der Waals surface area contributed by atoms with Crippen molar-refractivity contribution in [3.63, 3.8) is 0 Å². The topological polar surface area (TPSA) is 52.4 Å². The Morgan fingerprint density at radius 2 is 2.05 bits per heavy atom. The summed E-state index contributed by atoms with van der Waals surface area (Å²) in [6.45, 7) is 5.51. The van der Waals surface area contributed by atoms with Crippen molar-refractivity contribution in [3.8, 4) is 0 Å². The summed E-state index contributed by atoms with van der Waals surface area (Å²) in [5.74, 6) is 0. The SMILES string of the molecule is c1ncn(C[C@H]2CN(C[C@H]3CCCCO3)CCO2)n1. The van der Waals surface area contributed by atoms with Crippen molar-refractivity contribution in [2.24, 2.45) is 0 Å². The summed E-state index contributed by atoms with van der Waals surface area (Å²) in [5, 5.41) is 4.13. The molecule has 2 atom stereocenters. The van der Waals surface area contributed by atoms with Crippen LogP contribution in [-0.4, -0.2) is 64.7 Å². The van der Waals surface area contributed by atoms with Crippen LogP contribution in [0.1, 0.15) is 19.3 Å². The van der Waals surface area contributed by atoms with Crippen LogP contribution in [0.3, 0.4) is 0 Å². The van der Waals surface area contributed by atoms with Crippen LogP contribution < -0.4 is 0 Å². The minimum absolute atomic E-state index is 0.207. The van der Waals surface area contributed by atoms with Gasteiger partial charge in [-0.05, 0) is 19.3 Å². The summed E-state index contributed by atoms with van der Waals surface area (Å²) in [4.78, 5) is 6.42. The zero-order valence-electron chi connectivity index (χ0n) is 11.3. The maximum atomic E-state index is 5.81. The highest BCUT2D eigenvalue weighted by Crippen LogP contribution is 2.16. The molecular weight excluding hydrogens is 244 g/mol. The standard InChI is InChI=1S/C13H22N4O2/c1-2-5-18-12(3-1)7-16-4-6-19-13(8-16)9-17-11-14-10-15-17/h10-13H,1-9H2/t12-,13-/m1/s1. The van der Waals surface area contributed by atoms with E-state index in [0.717, 1.165) is 39.4 Å². The van der Waals surface area contributed by atoms with Gasteiger partial charge >= 0.3 is 0 Å². The van der Waals surface area contributed by atoms with Crippen molar-refractivity contribution in [3.05, 3.63) is 12.7 Å². The molecule has 106 valence electrons. The monoisotopic (exact) mass is 266 g/mol. The van der Waals surface area contributed by atoms with Crippen LogP contribution in [0.25, 0.3) is 0 Å². The molecule has 0 amide bonds. The van der Waals surface area contributed by atoms with Crippen LogP contribution >= 0.6 is 0 Å². The van der Waals surface area contributed by atoms with Crippen LogP contribution in [-0.2, 0) is 16.0 Å². The zero-order valence-corrected chi connectivity index (χ0v) is 11.3. The van der Waals surface area contributed by atoms with Gasteiger partial charge in [-0.2, -0.15) is 5.10 Å². The number of hydrogen-bond acceptors (Lipinski definition) is 5. The normalized spacial score (nSPS) is 29.5. The number of nitrogens with zero attached hydrogens (tertiary/aromatic N) is 4. The second-order valence-corrected chi connectivity index (χ2v) is 5.36. The third kappa shape index (κ3) is 3.75. The molecule has 6 nitrogen and oxygen atoms in total. The minimum Gasteiger partial charge on any atom is -0.377 e. The van der Waals surface area contributed by atoms with E-state index in [-0.39, 0.29) is 6.10 Å². The third-order valence-corrected chi connectivity index (χ3v) is 3.82. The second-order valence-electron chi connectivity index (χ2n) is 5.36. The van der Waals surface area contributed by atoms with Gasteiger partial charge in [0.1, 0.15) is 12.7 Å². The first-order valence-electron chi connectivity index (χ1n) is 7.18. The summed E-state index contributed by atoms with van der Waals surface area (Å²) in [6.07, 6.45) is 7.65. The van der Waals surface area contributed by atoms with Gasteiger partial charge in [0.25, 0.3) is 0 Å². The summed E-state index contributed by atoms with van der Waals surface area (Å²) in [7, 11) is 0. The molecule has 1 aromatic rings. The van der Waals surface area contributed by atoms with Gasteiger partial charge < -0.3 is 9.47 Å². The molecule has 0 saturated carbocycles. The Bertz CT molecular complexity index is 365. The van der Waals surface area contributed by atoms with Gasteiger partial charge in [-0.15, -0.1) is 0 Å². The largest absolute Gasteiger partial charge is 0.377 e. The van der Waals surface area contributed by atoms with Crippen molar-refractivity contribution >= 4 is 0 Å². The molecule has 0 bridgehead atoms. The fourth-order valence-corrected chi connectivity index (χ4v) is 2.83. The predicted octanol–water partition coefficient (Wildman–Crippen LogP) is 0.548. The van der Waals surface area contributed by atoms with E-state index in [0.29, 0.717) is 6.10 Å². The van der Waals surface area contributed by atoms with Crippen molar-refractivity contribution in [2.45, 2.75) is 38.0 Å². The van der Waals surface area contributed by atoms with Crippen LogP contribution in [0.5, 0.6) is 0 Å². The Labute approximate surface area is 113 Å². The lowest BCUT2D eigenvalue weighted by Crippen LogP contribution is -2.47. The van der Waals surface area contributed by atoms with Gasteiger partial charge in [0.2, 0.25) is 0 Å². The molecule has 2 saturated heterocycles. The lowest BCUT2D eigenvalue weighted by atomic mass is 10.1. The van der Waals surface area contributed by atoms with Crippen LogP contribution in [0, 0.1) is 0 Å². The van der Waals surface area contributed by atoms with E-state index in [9.17, 15) is 0 Å². The van der Waals surface area contributed by atoms with E-state index in [2.05, 4.69) is 15.0 Å². The zero-order chi connectivity index (χ0) is 12.9. The van der Waals surface area contributed by atoms with E-state index in [1.165, 1.54) is 19.3 Å². The molecule has 0 unspecified atom stereocenters. The lowest BCUT2D eigenvalue weighted by molar-refractivity contribution is -0.0651. The van der Waals surface area contributed by atoms with Gasteiger partial charge in [0.05, 0.1) is 25.4 Å². The second kappa shape index (κ2) is 6.45. The number of ether oxygens (including phenoxy) is 2.